The number of carboxylic acid groups (broad SMARTS) is 1. The van der Waals surface area contributed by atoms with Crippen molar-refractivity contribution >= 4 is 59.3 Å². The third-order valence-electron chi connectivity index (χ3n) is 11.1. The third kappa shape index (κ3) is 13.2. The lowest BCUT2D eigenvalue weighted by Gasteiger charge is -2.40. The maximum atomic E-state index is 14.2. The molecule has 1 saturated heterocycles. The molecule has 2 heterocycles. The van der Waals surface area contributed by atoms with Crippen LogP contribution < -0.4 is 20.7 Å². The number of amides is 3. The second-order valence-electron chi connectivity index (χ2n) is 16.4. The first-order chi connectivity index (χ1) is 29.0. The molecule has 336 valence electrons. The van der Waals surface area contributed by atoms with Gasteiger partial charge >= 0.3 is 5.97 Å². The van der Waals surface area contributed by atoms with Crippen molar-refractivity contribution < 1.29 is 34.1 Å². The predicted molar refractivity (Wildman–Crippen MR) is 243 cm³/mol. The average molecular weight is 915 g/mol. The van der Waals surface area contributed by atoms with Gasteiger partial charge in [0, 0.05) is 41.2 Å². The number of aliphatic hydroxyl groups excluding tert-OH is 1. The molecule has 3 amide bonds. The minimum atomic E-state index is -1.35. The number of carboxylic acids is 1. The lowest BCUT2D eigenvalue weighted by Crippen LogP contribution is -2.63. The number of benzene rings is 3. The maximum absolute atomic E-state index is 14.2. The van der Waals surface area contributed by atoms with E-state index in [9.17, 15) is 29.4 Å². The smallest absolute Gasteiger partial charge is 0.307 e. The number of aliphatic hydroxyl groups is 1. The minimum absolute atomic E-state index is 0. The van der Waals surface area contributed by atoms with Crippen LogP contribution in [-0.4, -0.2) is 105 Å². The van der Waals surface area contributed by atoms with Crippen molar-refractivity contribution in [3.8, 4) is 22.8 Å². The van der Waals surface area contributed by atoms with Crippen LogP contribution in [0.1, 0.15) is 57.0 Å². The molecule has 1 aromatic heterocycles. The molecular weight excluding hydrogens is 857 g/mol. The quantitative estimate of drug-likeness (QED) is 0.0740. The summed E-state index contributed by atoms with van der Waals surface area (Å²) in [6.07, 6.45) is 3.40. The molecule has 1 aliphatic rings. The van der Waals surface area contributed by atoms with Crippen molar-refractivity contribution in [1.29, 1.82) is 0 Å². The maximum Gasteiger partial charge on any atom is 0.307 e. The molecule has 62 heavy (non-hydrogen) atoms. The van der Waals surface area contributed by atoms with Gasteiger partial charge in [-0.15, -0.1) is 12.4 Å². The van der Waals surface area contributed by atoms with Gasteiger partial charge in [0.1, 0.15) is 29.4 Å². The summed E-state index contributed by atoms with van der Waals surface area (Å²) in [5, 5.41) is 30.5. The van der Waals surface area contributed by atoms with Gasteiger partial charge in [-0.2, -0.15) is 0 Å². The van der Waals surface area contributed by atoms with Crippen LogP contribution in [0, 0.1) is 11.8 Å². The fourth-order valence-corrected chi connectivity index (χ4v) is 7.79. The number of imidazole rings is 1. The fraction of sp³-hybridized carbons (Fsp3) is 0.444. The highest BCUT2D eigenvalue weighted by atomic mass is 35.5. The second kappa shape index (κ2) is 22.6. The van der Waals surface area contributed by atoms with Crippen molar-refractivity contribution in [2.75, 3.05) is 33.8 Å². The first-order valence-corrected chi connectivity index (χ1v) is 21.2. The van der Waals surface area contributed by atoms with E-state index >= 15 is 0 Å². The number of aromatic nitrogens is 2. The van der Waals surface area contributed by atoms with Gasteiger partial charge in [0.2, 0.25) is 17.7 Å². The van der Waals surface area contributed by atoms with Gasteiger partial charge < -0.3 is 45.3 Å². The van der Waals surface area contributed by atoms with Crippen LogP contribution in [0.5, 0.6) is 11.5 Å². The zero-order valence-electron chi connectivity index (χ0n) is 36.0. The highest BCUT2D eigenvalue weighted by Gasteiger charge is 2.38. The van der Waals surface area contributed by atoms with Gasteiger partial charge in [-0.05, 0) is 107 Å². The number of hydrogen-bond donors (Lipinski definition) is 5. The van der Waals surface area contributed by atoms with E-state index in [1.54, 1.807) is 56.3 Å². The molecule has 0 spiro atoms. The van der Waals surface area contributed by atoms with Crippen molar-refractivity contribution in [3.63, 3.8) is 0 Å². The summed E-state index contributed by atoms with van der Waals surface area (Å²) >= 11 is 12.6. The van der Waals surface area contributed by atoms with E-state index in [0.717, 1.165) is 35.6 Å². The Hall–Kier alpha value is -4.70. The summed E-state index contributed by atoms with van der Waals surface area (Å²) < 4.78 is 8.38. The summed E-state index contributed by atoms with van der Waals surface area (Å²) in [5.74, 6) is -2.73. The third-order valence-corrected chi connectivity index (χ3v) is 11.6. The molecule has 0 unspecified atom stereocenters. The number of carbonyl (C=O) groups excluding carboxylic acids is 3. The number of ether oxygens (including phenoxy) is 1. The van der Waals surface area contributed by atoms with Gasteiger partial charge in [0.15, 0.2) is 0 Å². The number of nitrogens with zero attached hydrogens (tertiary/aromatic N) is 4. The number of rotatable bonds is 19. The van der Waals surface area contributed by atoms with E-state index in [0.29, 0.717) is 53.0 Å². The van der Waals surface area contributed by atoms with Crippen LogP contribution in [0.3, 0.4) is 0 Å². The molecule has 17 heteroatoms. The first kappa shape index (κ1) is 50.0. The standard InChI is InChI=1S/C45H57Cl2N7O7.ClH/c1-28(2)36(44(59)60)21-41(56)54(29(3)42(57)50-37(26-55)43(58)51-45(18-7-19-48-27-45)22-30-8-13-33(46)14-9-30)24-32-10-15-34(47)20-39(32)61-35-16-11-31(12-17-35)38-23-49-40(53(38)6)25-52(4)5;/h8-17,20,23,28-29,36-37,48,55H,7,18-19,21-22,24-27H2,1-6H3,(H,50,57)(H,51,58)(H,59,60);1H/t29-,36-,37-,45+;/m0./s1. The SMILES string of the molecule is CC(C)[C@H](CC(=O)N(Cc1ccc(Cl)cc1Oc1ccc(-c2cnc(CN(C)C)n2C)cc1)[C@@H](C)C(=O)N[C@@H](CO)C(=O)N[C@@]1(Cc2ccc(Cl)cc2)CCCNC1)C(=O)O.Cl. The van der Waals surface area contributed by atoms with Crippen molar-refractivity contribution in [1.82, 2.24) is 35.3 Å². The topological polar surface area (TPSA) is 178 Å². The lowest BCUT2D eigenvalue weighted by atomic mass is 9.83. The zero-order valence-corrected chi connectivity index (χ0v) is 38.3. The highest BCUT2D eigenvalue weighted by molar-refractivity contribution is 6.31. The molecule has 5 rings (SSSR count). The Bertz CT molecular complexity index is 2140. The molecule has 0 bridgehead atoms. The van der Waals surface area contributed by atoms with Crippen molar-refractivity contribution in [3.05, 3.63) is 99.9 Å². The average Bonchev–Trinajstić information content (AvgIpc) is 3.57. The number of hydrogen-bond acceptors (Lipinski definition) is 9. The van der Waals surface area contributed by atoms with E-state index < -0.39 is 53.8 Å². The van der Waals surface area contributed by atoms with Gasteiger partial charge in [0.25, 0.3) is 0 Å². The number of carbonyl (C=O) groups is 4. The van der Waals surface area contributed by atoms with Gasteiger partial charge in [0.05, 0.1) is 43.0 Å². The Labute approximate surface area is 379 Å². The van der Waals surface area contributed by atoms with Crippen LogP contribution >= 0.6 is 35.6 Å². The van der Waals surface area contributed by atoms with Crippen LogP contribution in [0.25, 0.3) is 11.3 Å². The van der Waals surface area contributed by atoms with Crippen LogP contribution in [-0.2, 0) is 45.7 Å². The monoisotopic (exact) mass is 913 g/mol. The summed E-state index contributed by atoms with van der Waals surface area (Å²) in [4.78, 5) is 62.2. The van der Waals surface area contributed by atoms with Crippen LogP contribution in [0.2, 0.25) is 10.0 Å². The van der Waals surface area contributed by atoms with E-state index in [-0.39, 0.29) is 31.3 Å². The molecule has 4 atom stereocenters. The van der Waals surface area contributed by atoms with E-state index in [2.05, 4.69) is 20.9 Å². The summed E-state index contributed by atoms with van der Waals surface area (Å²) in [6.45, 7) is 6.00. The summed E-state index contributed by atoms with van der Waals surface area (Å²) in [6, 6.07) is 17.2. The Kier molecular flexibility index (Phi) is 18.2. The molecule has 14 nitrogen and oxygen atoms in total. The summed E-state index contributed by atoms with van der Waals surface area (Å²) in [5.41, 5.74) is 2.61. The Balaban J connectivity index is 0.00000845. The second-order valence-corrected chi connectivity index (χ2v) is 17.3. The van der Waals surface area contributed by atoms with Crippen molar-refractivity contribution in [2.24, 2.45) is 18.9 Å². The molecule has 1 aliphatic heterocycles. The van der Waals surface area contributed by atoms with Gasteiger partial charge in [-0.3, -0.25) is 19.2 Å². The molecule has 5 N–H and O–H groups in total. The molecule has 3 aromatic carbocycles. The lowest BCUT2D eigenvalue weighted by molar-refractivity contribution is -0.149. The first-order valence-electron chi connectivity index (χ1n) is 20.4. The number of halogens is 3. The molecule has 1 fully saturated rings. The van der Waals surface area contributed by atoms with E-state index in [1.165, 1.54) is 11.8 Å². The Morgan fingerprint density at radius 1 is 0.968 bits per heavy atom. The zero-order chi connectivity index (χ0) is 44.4. The molecule has 0 saturated carbocycles. The number of piperidine rings is 1. The summed E-state index contributed by atoms with van der Waals surface area (Å²) in [7, 11) is 5.93. The van der Waals surface area contributed by atoms with E-state index in [4.69, 9.17) is 27.9 Å². The number of aliphatic carboxylic acids is 1. The fourth-order valence-electron chi connectivity index (χ4n) is 7.50. The van der Waals surface area contributed by atoms with E-state index in [1.807, 2.05) is 61.1 Å². The van der Waals surface area contributed by atoms with Gasteiger partial charge in [-0.1, -0.05) is 55.2 Å². The molecule has 0 radical (unpaired) electrons. The Morgan fingerprint density at radius 2 is 1.65 bits per heavy atom. The minimum Gasteiger partial charge on any atom is -0.481 e. The Morgan fingerprint density at radius 3 is 2.24 bits per heavy atom. The molecule has 4 aromatic rings. The predicted octanol–water partition coefficient (Wildman–Crippen LogP) is 6.09. The molecule has 0 aliphatic carbocycles. The van der Waals surface area contributed by atoms with Crippen LogP contribution in [0.4, 0.5) is 0 Å². The highest BCUT2D eigenvalue weighted by Crippen LogP contribution is 2.32. The molecular formula is C45H58Cl3N7O7. The largest absolute Gasteiger partial charge is 0.481 e. The van der Waals surface area contributed by atoms with Gasteiger partial charge in [-0.25, -0.2) is 4.98 Å². The van der Waals surface area contributed by atoms with Crippen molar-refractivity contribution in [2.45, 2.75) is 77.2 Å². The van der Waals surface area contributed by atoms with Crippen LogP contribution in [0.15, 0.2) is 72.9 Å². The number of nitrogens with one attached hydrogen (secondary N) is 3. The normalized spacial score (nSPS) is 16.5.